The monoisotopic (exact) mass is 230 g/mol. The molecular weight excluding hydrogens is 216 g/mol. The Labute approximate surface area is 100 Å². The van der Waals surface area contributed by atoms with Crippen LogP contribution in [-0.4, -0.2) is 29.0 Å². The lowest BCUT2D eigenvalue weighted by Crippen LogP contribution is -2.39. The van der Waals surface area contributed by atoms with Crippen molar-refractivity contribution in [3.8, 4) is 11.8 Å². The minimum absolute atomic E-state index is 0.0511. The van der Waals surface area contributed by atoms with E-state index in [0.29, 0.717) is 18.7 Å². The predicted molar refractivity (Wildman–Crippen MR) is 62.3 cm³/mol. The number of nitriles is 1. The molecule has 0 aromatic heterocycles. The van der Waals surface area contributed by atoms with E-state index >= 15 is 0 Å². The maximum absolute atomic E-state index is 12.1. The molecule has 1 aliphatic rings. The van der Waals surface area contributed by atoms with Crippen molar-refractivity contribution >= 4 is 5.91 Å². The molecule has 1 unspecified atom stereocenters. The third kappa shape index (κ3) is 2.56. The summed E-state index contributed by atoms with van der Waals surface area (Å²) in [5.74, 6) is 0.0323. The molecule has 1 aromatic rings. The second kappa shape index (κ2) is 4.88. The van der Waals surface area contributed by atoms with Crippen molar-refractivity contribution in [2.24, 2.45) is 5.92 Å². The van der Waals surface area contributed by atoms with Crippen LogP contribution in [0.2, 0.25) is 0 Å². The number of carbonyl (C=O) groups excluding carboxylic acids is 1. The zero-order valence-corrected chi connectivity index (χ0v) is 9.47. The van der Waals surface area contributed by atoms with E-state index < -0.39 is 0 Å². The Morgan fingerprint density at radius 1 is 1.41 bits per heavy atom. The van der Waals surface area contributed by atoms with Crippen molar-refractivity contribution in [2.75, 3.05) is 13.1 Å². The highest BCUT2D eigenvalue weighted by atomic mass is 16.3. The van der Waals surface area contributed by atoms with Crippen LogP contribution < -0.4 is 0 Å². The molecule has 1 atom stereocenters. The predicted octanol–water partition coefficient (Wildman–Crippen LogP) is 1.77. The van der Waals surface area contributed by atoms with Gasteiger partial charge >= 0.3 is 0 Å². The molecule has 1 fully saturated rings. The first kappa shape index (κ1) is 11.5. The minimum Gasteiger partial charge on any atom is -0.508 e. The zero-order chi connectivity index (χ0) is 12.3. The summed E-state index contributed by atoms with van der Waals surface area (Å²) >= 11 is 0. The maximum Gasteiger partial charge on any atom is 0.253 e. The molecule has 0 bridgehead atoms. The van der Waals surface area contributed by atoms with Gasteiger partial charge in [0.2, 0.25) is 0 Å². The van der Waals surface area contributed by atoms with Gasteiger partial charge in [-0.05, 0) is 37.1 Å². The average Bonchev–Trinajstić information content (AvgIpc) is 2.39. The molecule has 0 saturated carbocycles. The maximum atomic E-state index is 12.1. The van der Waals surface area contributed by atoms with Crippen LogP contribution in [0.4, 0.5) is 0 Å². The van der Waals surface area contributed by atoms with E-state index in [-0.39, 0.29) is 17.6 Å². The molecule has 88 valence electrons. The van der Waals surface area contributed by atoms with Gasteiger partial charge < -0.3 is 10.0 Å². The van der Waals surface area contributed by atoms with Crippen LogP contribution in [-0.2, 0) is 0 Å². The molecule has 1 aliphatic heterocycles. The highest BCUT2D eigenvalue weighted by Gasteiger charge is 2.24. The van der Waals surface area contributed by atoms with Crippen LogP contribution in [0, 0.1) is 17.2 Å². The summed E-state index contributed by atoms with van der Waals surface area (Å²) < 4.78 is 0. The van der Waals surface area contributed by atoms with Crippen molar-refractivity contribution in [1.82, 2.24) is 4.90 Å². The summed E-state index contributed by atoms with van der Waals surface area (Å²) in [6, 6.07) is 8.42. The van der Waals surface area contributed by atoms with Gasteiger partial charge in [-0.3, -0.25) is 4.79 Å². The van der Waals surface area contributed by atoms with E-state index in [4.69, 9.17) is 10.4 Å². The van der Waals surface area contributed by atoms with Gasteiger partial charge in [-0.2, -0.15) is 5.26 Å². The summed E-state index contributed by atoms with van der Waals surface area (Å²) in [7, 11) is 0. The Kier molecular flexibility index (Phi) is 3.29. The van der Waals surface area contributed by atoms with Crippen LogP contribution in [0.15, 0.2) is 24.3 Å². The molecule has 1 N–H and O–H groups in total. The Bertz CT molecular complexity index is 447. The van der Waals surface area contributed by atoms with Crippen LogP contribution in [0.1, 0.15) is 23.2 Å². The van der Waals surface area contributed by atoms with Gasteiger partial charge in [0.25, 0.3) is 5.91 Å². The highest BCUT2D eigenvalue weighted by Crippen LogP contribution is 2.18. The lowest BCUT2D eigenvalue weighted by atomic mass is 9.99. The fourth-order valence-corrected chi connectivity index (χ4v) is 2.05. The fourth-order valence-electron chi connectivity index (χ4n) is 2.05. The van der Waals surface area contributed by atoms with Crippen LogP contribution in [0.3, 0.4) is 0 Å². The number of benzene rings is 1. The number of hydrogen-bond donors (Lipinski definition) is 1. The molecule has 4 heteroatoms. The number of nitrogens with zero attached hydrogens (tertiary/aromatic N) is 2. The number of hydrogen-bond acceptors (Lipinski definition) is 3. The minimum atomic E-state index is -0.0649. The largest absolute Gasteiger partial charge is 0.508 e. The standard InChI is InChI=1S/C13H14N2O2/c14-8-10-2-1-7-15(9-10)13(17)11-3-5-12(16)6-4-11/h3-6,10,16H,1-2,7,9H2. The second-order valence-electron chi connectivity index (χ2n) is 4.27. The number of piperidine rings is 1. The van der Waals surface area contributed by atoms with E-state index in [1.165, 1.54) is 12.1 Å². The Balaban J connectivity index is 2.09. The molecule has 1 saturated heterocycles. The molecule has 1 aromatic carbocycles. The van der Waals surface area contributed by atoms with Gasteiger partial charge in [-0.15, -0.1) is 0 Å². The van der Waals surface area contributed by atoms with Gasteiger partial charge in [0.05, 0.1) is 12.0 Å². The van der Waals surface area contributed by atoms with E-state index in [1.54, 1.807) is 17.0 Å². The molecule has 1 heterocycles. The summed E-state index contributed by atoms with van der Waals surface area (Å²) in [6.45, 7) is 1.22. The molecule has 17 heavy (non-hydrogen) atoms. The van der Waals surface area contributed by atoms with E-state index in [2.05, 4.69) is 6.07 Å². The molecular formula is C13H14N2O2. The SMILES string of the molecule is N#CC1CCCN(C(=O)c2ccc(O)cc2)C1. The number of aromatic hydroxyl groups is 1. The van der Waals surface area contributed by atoms with Gasteiger partial charge in [-0.1, -0.05) is 0 Å². The average molecular weight is 230 g/mol. The smallest absolute Gasteiger partial charge is 0.253 e. The molecule has 0 spiro atoms. The highest BCUT2D eigenvalue weighted by molar-refractivity contribution is 5.94. The van der Waals surface area contributed by atoms with Crippen LogP contribution in [0.25, 0.3) is 0 Å². The molecule has 2 rings (SSSR count). The number of carbonyl (C=O) groups is 1. The van der Waals surface area contributed by atoms with Crippen LogP contribution >= 0.6 is 0 Å². The van der Waals surface area contributed by atoms with Crippen molar-refractivity contribution in [3.05, 3.63) is 29.8 Å². The summed E-state index contributed by atoms with van der Waals surface area (Å²) in [5.41, 5.74) is 0.557. The van der Waals surface area contributed by atoms with Crippen molar-refractivity contribution in [3.63, 3.8) is 0 Å². The van der Waals surface area contributed by atoms with Gasteiger partial charge in [-0.25, -0.2) is 0 Å². The van der Waals surface area contributed by atoms with Gasteiger partial charge in [0.1, 0.15) is 5.75 Å². The Morgan fingerprint density at radius 3 is 2.76 bits per heavy atom. The zero-order valence-electron chi connectivity index (χ0n) is 9.47. The van der Waals surface area contributed by atoms with Crippen molar-refractivity contribution < 1.29 is 9.90 Å². The third-order valence-corrected chi connectivity index (χ3v) is 3.01. The third-order valence-electron chi connectivity index (χ3n) is 3.01. The first-order valence-corrected chi connectivity index (χ1v) is 5.68. The summed E-state index contributed by atoms with van der Waals surface area (Å²) in [6.07, 6.45) is 1.75. The fraction of sp³-hybridized carbons (Fsp3) is 0.385. The number of rotatable bonds is 1. The van der Waals surface area contributed by atoms with Crippen molar-refractivity contribution in [1.29, 1.82) is 5.26 Å². The molecule has 4 nitrogen and oxygen atoms in total. The lowest BCUT2D eigenvalue weighted by molar-refractivity contribution is 0.0699. The first-order valence-electron chi connectivity index (χ1n) is 5.68. The number of likely N-dealkylation sites (tertiary alicyclic amines) is 1. The van der Waals surface area contributed by atoms with E-state index in [9.17, 15) is 4.79 Å². The first-order chi connectivity index (χ1) is 8.20. The topological polar surface area (TPSA) is 64.3 Å². The second-order valence-corrected chi connectivity index (χ2v) is 4.27. The Morgan fingerprint density at radius 2 is 2.12 bits per heavy atom. The molecule has 1 amide bonds. The van der Waals surface area contributed by atoms with Crippen molar-refractivity contribution in [2.45, 2.75) is 12.8 Å². The molecule has 0 aliphatic carbocycles. The quantitative estimate of drug-likeness (QED) is 0.799. The summed E-state index contributed by atoms with van der Waals surface area (Å²) in [4.78, 5) is 13.8. The van der Waals surface area contributed by atoms with Crippen LogP contribution in [0.5, 0.6) is 5.75 Å². The lowest BCUT2D eigenvalue weighted by Gasteiger charge is -2.29. The normalized spacial score (nSPS) is 19.7. The van der Waals surface area contributed by atoms with Gasteiger partial charge in [0.15, 0.2) is 0 Å². The molecule has 0 radical (unpaired) electrons. The number of phenols is 1. The summed E-state index contributed by atoms with van der Waals surface area (Å²) in [5, 5.41) is 18.0. The van der Waals surface area contributed by atoms with E-state index in [1.807, 2.05) is 0 Å². The van der Waals surface area contributed by atoms with E-state index in [0.717, 1.165) is 12.8 Å². The Hall–Kier alpha value is -2.02. The number of phenolic OH excluding ortho intramolecular Hbond substituents is 1. The number of amides is 1. The van der Waals surface area contributed by atoms with Gasteiger partial charge in [0, 0.05) is 18.7 Å².